The summed E-state index contributed by atoms with van der Waals surface area (Å²) in [4.78, 5) is 52.4. The van der Waals surface area contributed by atoms with Crippen molar-refractivity contribution in [3.8, 4) is 0 Å². The van der Waals surface area contributed by atoms with E-state index >= 15 is 0 Å². The summed E-state index contributed by atoms with van der Waals surface area (Å²) in [6.07, 6.45) is 7.14. The van der Waals surface area contributed by atoms with Gasteiger partial charge in [0.15, 0.2) is 5.78 Å². The van der Waals surface area contributed by atoms with Crippen molar-refractivity contribution in [3.05, 3.63) is 88.3 Å². The van der Waals surface area contributed by atoms with Crippen molar-refractivity contribution in [1.29, 1.82) is 0 Å². The third kappa shape index (κ3) is 3.88. The molecule has 0 radical (unpaired) electrons. The maximum absolute atomic E-state index is 13.3. The van der Waals surface area contributed by atoms with Gasteiger partial charge in [-0.05, 0) is 35.6 Å². The molecule has 5 rings (SSSR count). The number of pyridine rings is 1. The summed E-state index contributed by atoms with van der Waals surface area (Å²) in [5.74, 6) is -0.700. The van der Waals surface area contributed by atoms with E-state index in [4.69, 9.17) is 0 Å². The maximum Gasteiger partial charge on any atom is 0.271 e. The molecule has 1 atom stereocenters. The highest BCUT2D eigenvalue weighted by atomic mass is 16.2. The number of hydrogen-bond acceptors (Lipinski definition) is 6. The first-order valence-electron chi connectivity index (χ1n) is 10.9. The fraction of sp³-hybridized carbons (Fsp3) is 0.280. The van der Waals surface area contributed by atoms with Crippen LogP contribution in [0.3, 0.4) is 0 Å². The minimum Gasteiger partial charge on any atom is -0.346 e. The van der Waals surface area contributed by atoms with Gasteiger partial charge in [0.25, 0.3) is 5.91 Å². The van der Waals surface area contributed by atoms with Crippen molar-refractivity contribution in [1.82, 2.24) is 25.2 Å². The number of hydrogen-bond donors (Lipinski definition) is 1. The van der Waals surface area contributed by atoms with Crippen LogP contribution in [-0.4, -0.2) is 44.0 Å². The monoisotopic (exact) mass is 441 g/mol. The largest absolute Gasteiger partial charge is 0.346 e. The van der Waals surface area contributed by atoms with Gasteiger partial charge in [0.2, 0.25) is 5.91 Å². The van der Waals surface area contributed by atoms with E-state index in [-0.39, 0.29) is 29.7 Å². The summed E-state index contributed by atoms with van der Waals surface area (Å²) in [7, 11) is 0. The van der Waals surface area contributed by atoms with Crippen molar-refractivity contribution in [2.24, 2.45) is 0 Å². The number of Topliss-reactive ketones (excluding diaryl/α,β-unsaturated/α-hetero) is 1. The molecule has 1 N–H and O–H groups in total. The standard InChI is InChI=1S/C25H23N5O3/c1-15-21(12-29-24(32)22-13-26-7-8-27-22)17-6-9-30(14-16(17)11-28-15)25(33)20-10-23(31)19-5-3-2-4-18(19)20/h2-5,7-8,11,13,20H,6,9-10,12,14H2,1H3,(H,29,32)/t20-/m1/s1. The lowest BCUT2D eigenvalue weighted by atomic mass is 9.93. The molecule has 166 valence electrons. The molecule has 0 bridgehead atoms. The molecule has 2 aliphatic rings. The maximum atomic E-state index is 13.3. The molecule has 2 amide bonds. The van der Waals surface area contributed by atoms with E-state index in [1.54, 1.807) is 6.07 Å². The zero-order chi connectivity index (χ0) is 22.9. The molecule has 3 heterocycles. The summed E-state index contributed by atoms with van der Waals surface area (Å²) in [5.41, 5.74) is 5.66. The van der Waals surface area contributed by atoms with E-state index in [0.717, 1.165) is 27.9 Å². The number of rotatable bonds is 4. The zero-order valence-electron chi connectivity index (χ0n) is 18.2. The van der Waals surface area contributed by atoms with Gasteiger partial charge in [-0.15, -0.1) is 0 Å². The minimum atomic E-state index is -0.417. The van der Waals surface area contributed by atoms with Crippen LogP contribution in [0.15, 0.2) is 49.1 Å². The molecule has 1 aliphatic heterocycles. The van der Waals surface area contributed by atoms with Gasteiger partial charge in [0, 0.05) is 55.9 Å². The SMILES string of the molecule is Cc1ncc2c(c1CNC(=O)c1cnccn1)CCN(C(=O)[C@@H]1CC(=O)c3ccccc31)C2. The number of aryl methyl sites for hydroxylation is 1. The third-order valence-corrected chi connectivity index (χ3v) is 6.45. The summed E-state index contributed by atoms with van der Waals surface area (Å²) in [6.45, 7) is 3.26. The Morgan fingerprint density at radius 3 is 2.82 bits per heavy atom. The van der Waals surface area contributed by atoms with E-state index in [1.165, 1.54) is 18.6 Å². The Morgan fingerprint density at radius 2 is 2.00 bits per heavy atom. The molecule has 3 aromatic rings. The lowest BCUT2D eigenvalue weighted by Crippen LogP contribution is -2.39. The molecule has 0 unspecified atom stereocenters. The number of nitrogens with one attached hydrogen (secondary N) is 1. The van der Waals surface area contributed by atoms with Gasteiger partial charge >= 0.3 is 0 Å². The van der Waals surface area contributed by atoms with Crippen molar-refractivity contribution in [2.75, 3.05) is 6.54 Å². The number of nitrogens with zero attached hydrogens (tertiary/aromatic N) is 4. The molecular weight excluding hydrogens is 418 g/mol. The van der Waals surface area contributed by atoms with Crippen LogP contribution in [0, 0.1) is 6.92 Å². The molecule has 0 spiro atoms. The Balaban J connectivity index is 1.33. The average molecular weight is 441 g/mol. The number of fused-ring (bicyclic) bond motifs is 2. The third-order valence-electron chi connectivity index (χ3n) is 6.45. The average Bonchev–Trinajstić information content (AvgIpc) is 3.19. The van der Waals surface area contributed by atoms with Crippen molar-refractivity contribution < 1.29 is 14.4 Å². The number of benzene rings is 1. The van der Waals surface area contributed by atoms with Crippen LogP contribution in [-0.2, 0) is 24.3 Å². The van der Waals surface area contributed by atoms with Crippen LogP contribution >= 0.6 is 0 Å². The van der Waals surface area contributed by atoms with Gasteiger partial charge in [-0.1, -0.05) is 24.3 Å². The van der Waals surface area contributed by atoms with E-state index in [1.807, 2.05) is 36.2 Å². The lowest BCUT2D eigenvalue weighted by molar-refractivity contribution is -0.133. The smallest absolute Gasteiger partial charge is 0.271 e. The van der Waals surface area contributed by atoms with Crippen molar-refractivity contribution in [2.45, 2.75) is 38.8 Å². The van der Waals surface area contributed by atoms with Crippen LogP contribution in [0.4, 0.5) is 0 Å². The molecule has 0 saturated heterocycles. The van der Waals surface area contributed by atoms with Gasteiger partial charge < -0.3 is 10.2 Å². The Labute approximate surface area is 191 Å². The molecule has 33 heavy (non-hydrogen) atoms. The van der Waals surface area contributed by atoms with Crippen LogP contribution in [0.5, 0.6) is 0 Å². The second-order valence-electron chi connectivity index (χ2n) is 8.38. The normalized spacial score (nSPS) is 16.8. The Hall–Kier alpha value is -3.94. The quantitative estimate of drug-likeness (QED) is 0.666. The molecule has 8 nitrogen and oxygen atoms in total. The second-order valence-corrected chi connectivity index (χ2v) is 8.38. The Kier molecular flexibility index (Phi) is 5.42. The van der Waals surface area contributed by atoms with E-state index in [9.17, 15) is 14.4 Å². The highest BCUT2D eigenvalue weighted by Crippen LogP contribution is 2.35. The van der Waals surface area contributed by atoms with Gasteiger partial charge in [0.05, 0.1) is 12.1 Å². The first-order chi connectivity index (χ1) is 16.0. The lowest BCUT2D eigenvalue weighted by Gasteiger charge is -2.32. The fourth-order valence-corrected chi connectivity index (χ4v) is 4.72. The summed E-state index contributed by atoms with van der Waals surface area (Å²) >= 11 is 0. The van der Waals surface area contributed by atoms with E-state index < -0.39 is 5.92 Å². The van der Waals surface area contributed by atoms with E-state index in [0.29, 0.717) is 31.6 Å². The van der Waals surface area contributed by atoms with Crippen LogP contribution in [0.2, 0.25) is 0 Å². The van der Waals surface area contributed by atoms with Gasteiger partial charge in [-0.25, -0.2) is 4.98 Å². The predicted molar refractivity (Wildman–Crippen MR) is 119 cm³/mol. The molecule has 8 heteroatoms. The Bertz CT molecular complexity index is 1260. The molecule has 1 aromatic carbocycles. The van der Waals surface area contributed by atoms with Crippen LogP contribution in [0.25, 0.3) is 0 Å². The Morgan fingerprint density at radius 1 is 1.15 bits per heavy atom. The molecular formula is C25H23N5O3. The first-order valence-corrected chi connectivity index (χ1v) is 10.9. The van der Waals surface area contributed by atoms with Gasteiger partial charge in [-0.3, -0.25) is 24.4 Å². The van der Waals surface area contributed by atoms with Gasteiger partial charge in [-0.2, -0.15) is 0 Å². The number of carbonyl (C=O) groups excluding carboxylic acids is 3. The summed E-state index contributed by atoms with van der Waals surface area (Å²) in [5, 5.41) is 2.90. The van der Waals surface area contributed by atoms with Crippen LogP contribution in [0.1, 0.15) is 61.1 Å². The number of ketones is 1. The van der Waals surface area contributed by atoms with Crippen molar-refractivity contribution >= 4 is 17.6 Å². The fourth-order valence-electron chi connectivity index (χ4n) is 4.72. The minimum absolute atomic E-state index is 0.0166. The van der Waals surface area contributed by atoms with Gasteiger partial charge in [0.1, 0.15) is 5.69 Å². The van der Waals surface area contributed by atoms with Crippen molar-refractivity contribution in [3.63, 3.8) is 0 Å². The first kappa shape index (κ1) is 20.9. The topological polar surface area (TPSA) is 105 Å². The molecule has 2 aromatic heterocycles. The highest BCUT2D eigenvalue weighted by Gasteiger charge is 2.37. The second kappa shape index (κ2) is 8.54. The number of carbonyl (C=O) groups is 3. The van der Waals surface area contributed by atoms with Crippen LogP contribution < -0.4 is 5.32 Å². The molecule has 1 aliphatic carbocycles. The predicted octanol–water partition coefficient (Wildman–Crippen LogP) is 2.36. The molecule has 0 saturated carbocycles. The number of aromatic nitrogens is 3. The summed E-state index contributed by atoms with van der Waals surface area (Å²) < 4.78 is 0. The zero-order valence-corrected chi connectivity index (χ0v) is 18.2. The van der Waals surface area contributed by atoms with E-state index in [2.05, 4.69) is 20.3 Å². The molecule has 0 fully saturated rings. The number of amides is 2. The highest BCUT2D eigenvalue weighted by molar-refractivity contribution is 6.06. The summed E-state index contributed by atoms with van der Waals surface area (Å²) in [6, 6.07) is 7.38.